The van der Waals surface area contributed by atoms with Crippen LogP contribution in [0.15, 0.2) is 42.5 Å². The Morgan fingerprint density at radius 3 is 2.40 bits per heavy atom. The van der Waals surface area contributed by atoms with Crippen LogP contribution in [0.2, 0.25) is 0 Å². The second kappa shape index (κ2) is 8.68. The highest BCUT2D eigenvalue weighted by Crippen LogP contribution is 2.27. The van der Waals surface area contributed by atoms with Gasteiger partial charge in [-0.2, -0.15) is 0 Å². The molecule has 2 amide bonds. The van der Waals surface area contributed by atoms with Crippen molar-refractivity contribution in [2.75, 3.05) is 19.5 Å². The lowest BCUT2D eigenvalue weighted by atomic mass is 10.2. The van der Waals surface area contributed by atoms with E-state index in [1.807, 2.05) is 0 Å². The highest BCUT2D eigenvalue weighted by Gasteiger charge is 2.12. The first kappa shape index (κ1) is 18.3. The van der Waals surface area contributed by atoms with Crippen LogP contribution in [-0.4, -0.2) is 26.0 Å². The number of para-hydroxylation sites is 1. The van der Waals surface area contributed by atoms with Crippen LogP contribution in [0.5, 0.6) is 11.5 Å². The van der Waals surface area contributed by atoms with Crippen molar-refractivity contribution in [3.05, 3.63) is 53.8 Å². The molecule has 25 heavy (non-hydrogen) atoms. The average molecular weight is 346 g/mol. The van der Waals surface area contributed by atoms with Gasteiger partial charge in [0.2, 0.25) is 11.8 Å². The van der Waals surface area contributed by atoms with Gasteiger partial charge in [0, 0.05) is 6.54 Å². The van der Waals surface area contributed by atoms with Crippen LogP contribution in [0.25, 0.3) is 0 Å². The number of nitrogens with one attached hydrogen (secondary N) is 2. The lowest BCUT2D eigenvalue weighted by Gasteiger charge is -2.10. The predicted molar refractivity (Wildman–Crippen MR) is 91.0 cm³/mol. The van der Waals surface area contributed by atoms with E-state index in [4.69, 9.17) is 9.47 Å². The number of rotatable bonds is 7. The average Bonchev–Trinajstić information content (AvgIpc) is 2.61. The first-order valence-corrected chi connectivity index (χ1v) is 7.55. The molecule has 0 aliphatic heterocycles. The molecule has 0 saturated carbocycles. The molecule has 0 heterocycles. The third-order valence-corrected chi connectivity index (χ3v) is 3.41. The number of methoxy groups -OCH3 is 2. The maximum absolute atomic E-state index is 13.5. The van der Waals surface area contributed by atoms with E-state index in [0.717, 1.165) is 5.56 Å². The molecule has 0 saturated heterocycles. The van der Waals surface area contributed by atoms with Gasteiger partial charge in [0.25, 0.3) is 0 Å². The van der Waals surface area contributed by atoms with Crippen molar-refractivity contribution in [1.82, 2.24) is 5.32 Å². The van der Waals surface area contributed by atoms with Gasteiger partial charge in [-0.25, -0.2) is 4.39 Å². The van der Waals surface area contributed by atoms with E-state index in [0.29, 0.717) is 11.5 Å². The van der Waals surface area contributed by atoms with Gasteiger partial charge in [0.1, 0.15) is 12.2 Å². The van der Waals surface area contributed by atoms with Crippen molar-refractivity contribution in [1.29, 1.82) is 0 Å². The summed E-state index contributed by atoms with van der Waals surface area (Å²) in [4.78, 5) is 23.7. The van der Waals surface area contributed by atoms with Gasteiger partial charge in [-0.15, -0.1) is 0 Å². The summed E-state index contributed by atoms with van der Waals surface area (Å²) in [5.41, 5.74) is 0.834. The lowest BCUT2D eigenvalue weighted by molar-refractivity contribution is -0.126. The number of carbonyl (C=O) groups is 2. The van der Waals surface area contributed by atoms with Crippen molar-refractivity contribution >= 4 is 17.5 Å². The number of hydrogen-bond donors (Lipinski definition) is 2. The van der Waals surface area contributed by atoms with Gasteiger partial charge in [0.15, 0.2) is 11.5 Å². The molecule has 0 radical (unpaired) electrons. The number of benzene rings is 2. The van der Waals surface area contributed by atoms with E-state index in [1.54, 1.807) is 24.3 Å². The maximum Gasteiger partial charge on any atom is 0.233 e. The minimum absolute atomic E-state index is 0.0418. The molecule has 132 valence electrons. The molecule has 2 rings (SSSR count). The standard InChI is InChI=1S/C18H19FN2O4/c1-24-15-8-7-12(9-16(15)25-2)11-20-17(22)10-18(23)21-14-6-4-3-5-13(14)19/h3-9H,10-11H2,1-2H3,(H,20,22)(H,21,23). The van der Waals surface area contributed by atoms with Crippen LogP contribution in [0, 0.1) is 5.82 Å². The van der Waals surface area contributed by atoms with Crippen molar-refractivity contribution in [3.8, 4) is 11.5 Å². The molecule has 0 aromatic heterocycles. The Morgan fingerprint density at radius 1 is 1.00 bits per heavy atom. The van der Waals surface area contributed by atoms with Crippen LogP contribution in [-0.2, 0) is 16.1 Å². The van der Waals surface area contributed by atoms with Gasteiger partial charge in [-0.1, -0.05) is 18.2 Å². The molecular weight excluding hydrogens is 327 g/mol. The SMILES string of the molecule is COc1ccc(CNC(=O)CC(=O)Nc2ccccc2F)cc1OC. The smallest absolute Gasteiger partial charge is 0.233 e. The van der Waals surface area contributed by atoms with Crippen molar-refractivity contribution in [2.45, 2.75) is 13.0 Å². The Morgan fingerprint density at radius 2 is 1.72 bits per heavy atom. The third kappa shape index (κ3) is 5.20. The van der Waals surface area contributed by atoms with Crippen molar-refractivity contribution < 1.29 is 23.5 Å². The highest BCUT2D eigenvalue weighted by molar-refractivity contribution is 6.03. The molecule has 0 unspecified atom stereocenters. The zero-order valence-electron chi connectivity index (χ0n) is 14.0. The van der Waals surface area contributed by atoms with E-state index in [1.165, 1.54) is 32.4 Å². The number of amides is 2. The van der Waals surface area contributed by atoms with E-state index in [9.17, 15) is 14.0 Å². The molecule has 0 aliphatic carbocycles. The van der Waals surface area contributed by atoms with Crippen molar-refractivity contribution in [3.63, 3.8) is 0 Å². The lowest BCUT2D eigenvalue weighted by Crippen LogP contribution is -2.27. The predicted octanol–water partition coefficient (Wildman–Crippen LogP) is 2.49. The fourth-order valence-corrected chi connectivity index (χ4v) is 2.16. The summed E-state index contributed by atoms with van der Waals surface area (Å²) in [5.74, 6) is -0.478. The highest BCUT2D eigenvalue weighted by atomic mass is 19.1. The number of halogens is 1. The summed E-state index contributed by atoms with van der Waals surface area (Å²) in [5, 5.41) is 4.99. The Labute approximate surface area is 144 Å². The number of anilines is 1. The topological polar surface area (TPSA) is 76.7 Å². The Hall–Kier alpha value is -3.09. The van der Waals surface area contributed by atoms with Gasteiger partial charge in [0.05, 0.1) is 19.9 Å². The second-order valence-electron chi connectivity index (χ2n) is 5.17. The van der Waals surface area contributed by atoms with E-state index in [2.05, 4.69) is 10.6 Å². The summed E-state index contributed by atoms with van der Waals surface area (Å²) in [6, 6.07) is 11.0. The van der Waals surface area contributed by atoms with Crippen LogP contribution in [0.3, 0.4) is 0 Å². The first-order chi connectivity index (χ1) is 12.0. The normalized spacial score (nSPS) is 10.0. The van der Waals surface area contributed by atoms with E-state index >= 15 is 0 Å². The summed E-state index contributed by atoms with van der Waals surface area (Å²) in [6.45, 7) is 0.228. The fraction of sp³-hybridized carbons (Fsp3) is 0.222. The third-order valence-electron chi connectivity index (χ3n) is 3.41. The summed E-state index contributed by atoms with van der Waals surface area (Å²) in [7, 11) is 3.06. The van der Waals surface area contributed by atoms with E-state index < -0.39 is 24.1 Å². The molecule has 2 aromatic rings. The maximum atomic E-state index is 13.5. The van der Waals surface area contributed by atoms with Gasteiger partial charge >= 0.3 is 0 Å². The Kier molecular flexibility index (Phi) is 6.33. The quantitative estimate of drug-likeness (QED) is 0.755. The van der Waals surface area contributed by atoms with Crippen LogP contribution >= 0.6 is 0 Å². The molecule has 2 aromatic carbocycles. The summed E-state index contributed by atoms with van der Waals surface area (Å²) >= 11 is 0. The van der Waals surface area contributed by atoms with Crippen molar-refractivity contribution in [2.24, 2.45) is 0 Å². The summed E-state index contributed by atoms with van der Waals surface area (Å²) in [6.07, 6.45) is -0.401. The molecule has 0 fully saturated rings. The van der Waals surface area contributed by atoms with Gasteiger partial charge < -0.3 is 20.1 Å². The zero-order chi connectivity index (χ0) is 18.2. The monoisotopic (exact) mass is 346 g/mol. The summed E-state index contributed by atoms with van der Waals surface area (Å²) < 4.78 is 23.8. The molecule has 0 aliphatic rings. The number of hydrogen-bond acceptors (Lipinski definition) is 4. The number of ether oxygens (including phenoxy) is 2. The first-order valence-electron chi connectivity index (χ1n) is 7.55. The van der Waals surface area contributed by atoms with Gasteiger partial charge in [-0.05, 0) is 29.8 Å². The van der Waals surface area contributed by atoms with Crippen LogP contribution < -0.4 is 20.1 Å². The minimum Gasteiger partial charge on any atom is -0.493 e. The minimum atomic E-state index is -0.588. The Balaban J connectivity index is 1.86. The zero-order valence-corrected chi connectivity index (χ0v) is 14.0. The molecule has 6 nitrogen and oxygen atoms in total. The van der Waals surface area contributed by atoms with Crippen LogP contribution in [0.1, 0.15) is 12.0 Å². The van der Waals surface area contributed by atoms with E-state index in [-0.39, 0.29) is 12.2 Å². The van der Waals surface area contributed by atoms with Gasteiger partial charge in [-0.3, -0.25) is 9.59 Å². The second-order valence-corrected chi connectivity index (χ2v) is 5.17. The number of carbonyl (C=O) groups excluding carboxylic acids is 2. The molecule has 0 bridgehead atoms. The molecule has 2 N–H and O–H groups in total. The fourth-order valence-electron chi connectivity index (χ4n) is 2.16. The molecule has 0 spiro atoms. The molecular formula is C18H19FN2O4. The largest absolute Gasteiger partial charge is 0.493 e. The Bertz CT molecular complexity index is 764. The molecule has 7 heteroatoms. The van der Waals surface area contributed by atoms with Crippen LogP contribution in [0.4, 0.5) is 10.1 Å². The molecule has 0 atom stereocenters.